The number of allylic oxidation sites excluding steroid dienone is 1. The van der Waals surface area contributed by atoms with Crippen molar-refractivity contribution in [3.8, 4) is 5.75 Å². The SMILES string of the molecule is CCCCCCCCCCCCCCOc1cc(C(C)(C)C)ccc1CC(=O)Nc1ccccc1CN1C=C(C)SC1. The lowest BCUT2D eigenvalue weighted by Gasteiger charge is -2.22. The minimum atomic E-state index is -0.0105. The highest BCUT2D eigenvalue weighted by Crippen LogP contribution is 2.30. The molecule has 3 rings (SSSR count). The number of amides is 1. The summed E-state index contributed by atoms with van der Waals surface area (Å²) in [4.78, 5) is 16.9. The van der Waals surface area contributed by atoms with E-state index in [9.17, 15) is 4.79 Å². The lowest BCUT2D eigenvalue weighted by atomic mass is 9.86. The van der Waals surface area contributed by atoms with Crippen LogP contribution in [0.5, 0.6) is 5.75 Å². The summed E-state index contributed by atoms with van der Waals surface area (Å²) >= 11 is 1.85. The molecule has 0 fully saturated rings. The summed E-state index contributed by atoms with van der Waals surface area (Å²) in [5.74, 6) is 1.79. The van der Waals surface area contributed by atoms with Crippen molar-refractivity contribution in [2.24, 2.45) is 0 Å². The van der Waals surface area contributed by atoms with Crippen LogP contribution in [0.4, 0.5) is 5.69 Å². The van der Waals surface area contributed by atoms with E-state index in [0.29, 0.717) is 13.0 Å². The number of nitrogens with one attached hydrogen (secondary N) is 1. The standard InChI is InChI=1S/C37H56N2O2S/c1-6-7-8-9-10-11-12-13-14-15-16-19-24-41-35-26-33(37(3,4)5)23-22-31(35)25-36(40)38-34-21-18-17-20-32(34)28-39-27-30(2)42-29-39/h17-18,20-23,26-27H,6-16,19,24-25,28-29H2,1-5H3,(H,38,40). The highest BCUT2D eigenvalue weighted by molar-refractivity contribution is 8.03. The molecular formula is C37H56N2O2S. The molecular weight excluding hydrogens is 536 g/mol. The average molecular weight is 593 g/mol. The minimum absolute atomic E-state index is 0.0105. The molecule has 1 aliphatic heterocycles. The van der Waals surface area contributed by atoms with Crippen LogP contribution >= 0.6 is 11.8 Å². The number of para-hydroxylation sites is 1. The Kier molecular flexibility index (Phi) is 14.9. The average Bonchev–Trinajstić information content (AvgIpc) is 3.36. The minimum Gasteiger partial charge on any atom is -0.493 e. The van der Waals surface area contributed by atoms with Crippen LogP contribution in [0.15, 0.2) is 53.6 Å². The van der Waals surface area contributed by atoms with Gasteiger partial charge >= 0.3 is 0 Å². The van der Waals surface area contributed by atoms with Gasteiger partial charge in [-0.05, 0) is 46.9 Å². The molecule has 0 bridgehead atoms. The predicted molar refractivity (Wildman–Crippen MR) is 182 cm³/mol. The summed E-state index contributed by atoms with van der Waals surface area (Å²) < 4.78 is 6.34. The van der Waals surface area contributed by atoms with Gasteiger partial charge in [0.05, 0.1) is 18.9 Å². The first-order valence-electron chi connectivity index (χ1n) is 16.5. The van der Waals surface area contributed by atoms with Crippen LogP contribution in [0.1, 0.15) is 128 Å². The number of anilines is 1. The van der Waals surface area contributed by atoms with Gasteiger partial charge in [0.1, 0.15) is 5.75 Å². The van der Waals surface area contributed by atoms with Crippen LogP contribution in [-0.4, -0.2) is 23.3 Å². The lowest BCUT2D eigenvalue weighted by Crippen LogP contribution is -2.19. The largest absolute Gasteiger partial charge is 0.493 e. The van der Waals surface area contributed by atoms with E-state index in [0.717, 1.165) is 41.4 Å². The number of unbranched alkanes of at least 4 members (excludes halogenated alkanes) is 11. The number of rotatable bonds is 19. The fraction of sp³-hybridized carbons (Fsp3) is 0.595. The van der Waals surface area contributed by atoms with E-state index in [-0.39, 0.29) is 11.3 Å². The van der Waals surface area contributed by atoms with E-state index in [2.05, 4.69) is 75.3 Å². The van der Waals surface area contributed by atoms with E-state index >= 15 is 0 Å². The molecule has 1 amide bonds. The number of nitrogens with zero attached hydrogens (tertiary/aromatic N) is 1. The van der Waals surface area contributed by atoms with Gasteiger partial charge in [0.25, 0.3) is 0 Å². The van der Waals surface area contributed by atoms with Gasteiger partial charge in [-0.3, -0.25) is 4.79 Å². The van der Waals surface area contributed by atoms with Crippen LogP contribution < -0.4 is 10.1 Å². The van der Waals surface area contributed by atoms with Crippen molar-refractivity contribution in [3.05, 3.63) is 70.3 Å². The summed E-state index contributed by atoms with van der Waals surface area (Å²) in [5.41, 5.74) is 4.22. The van der Waals surface area contributed by atoms with Crippen molar-refractivity contribution in [2.75, 3.05) is 17.8 Å². The zero-order chi connectivity index (χ0) is 30.2. The van der Waals surface area contributed by atoms with E-state index < -0.39 is 0 Å². The van der Waals surface area contributed by atoms with Gasteiger partial charge in [-0.15, -0.1) is 11.8 Å². The predicted octanol–water partition coefficient (Wildman–Crippen LogP) is 10.6. The van der Waals surface area contributed by atoms with E-state index in [1.54, 1.807) is 0 Å². The number of hydrogen-bond donors (Lipinski definition) is 1. The molecule has 0 saturated carbocycles. The topological polar surface area (TPSA) is 41.6 Å². The maximum Gasteiger partial charge on any atom is 0.228 e. The Morgan fingerprint density at radius 2 is 1.52 bits per heavy atom. The van der Waals surface area contributed by atoms with Crippen molar-refractivity contribution >= 4 is 23.4 Å². The van der Waals surface area contributed by atoms with Crippen molar-refractivity contribution in [2.45, 2.75) is 130 Å². The normalized spacial score (nSPS) is 13.4. The van der Waals surface area contributed by atoms with Crippen molar-refractivity contribution in [3.63, 3.8) is 0 Å². The molecule has 1 aliphatic rings. The monoisotopic (exact) mass is 592 g/mol. The van der Waals surface area contributed by atoms with Gasteiger partial charge in [0.2, 0.25) is 5.91 Å². The van der Waals surface area contributed by atoms with Crippen LogP contribution in [0.3, 0.4) is 0 Å². The van der Waals surface area contributed by atoms with Crippen molar-refractivity contribution in [1.82, 2.24) is 4.90 Å². The number of hydrogen-bond acceptors (Lipinski definition) is 4. The second-order valence-electron chi connectivity index (χ2n) is 13.0. The van der Waals surface area contributed by atoms with Crippen LogP contribution in [0.25, 0.3) is 0 Å². The maximum absolute atomic E-state index is 13.2. The van der Waals surface area contributed by atoms with E-state index in [4.69, 9.17) is 4.74 Å². The zero-order valence-electron chi connectivity index (χ0n) is 27.1. The Bertz CT molecular complexity index is 1120. The highest BCUT2D eigenvalue weighted by atomic mass is 32.2. The Morgan fingerprint density at radius 1 is 0.881 bits per heavy atom. The molecule has 0 aromatic heterocycles. The molecule has 0 aliphatic carbocycles. The molecule has 0 unspecified atom stereocenters. The molecule has 42 heavy (non-hydrogen) atoms. The van der Waals surface area contributed by atoms with Gasteiger partial charge in [-0.2, -0.15) is 0 Å². The van der Waals surface area contributed by atoms with Crippen LogP contribution in [0, 0.1) is 0 Å². The quantitative estimate of drug-likeness (QED) is 0.165. The molecule has 1 N–H and O–H groups in total. The third-order valence-corrected chi connectivity index (χ3v) is 9.05. The van der Waals surface area contributed by atoms with Crippen molar-refractivity contribution in [1.29, 1.82) is 0 Å². The first-order valence-corrected chi connectivity index (χ1v) is 17.4. The summed E-state index contributed by atoms with van der Waals surface area (Å²) in [6.45, 7) is 12.6. The Labute approximate surface area is 261 Å². The Balaban J connectivity index is 1.48. The van der Waals surface area contributed by atoms with Gasteiger partial charge in [-0.1, -0.05) is 129 Å². The zero-order valence-corrected chi connectivity index (χ0v) is 27.9. The summed E-state index contributed by atoms with van der Waals surface area (Å²) in [6, 6.07) is 14.5. The molecule has 4 nitrogen and oxygen atoms in total. The number of carbonyl (C=O) groups excluding carboxylic acids is 1. The number of ether oxygens (including phenoxy) is 1. The third-order valence-electron chi connectivity index (χ3n) is 8.03. The van der Waals surface area contributed by atoms with Crippen LogP contribution in [0.2, 0.25) is 0 Å². The molecule has 2 aromatic rings. The Morgan fingerprint density at radius 3 is 2.14 bits per heavy atom. The second-order valence-corrected chi connectivity index (χ2v) is 14.1. The van der Waals surface area contributed by atoms with Gasteiger partial charge < -0.3 is 15.0 Å². The highest BCUT2D eigenvalue weighted by Gasteiger charge is 2.19. The molecule has 0 spiro atoms. The van der Waals surface area contributed by atoms with Crippen molar-refractivity contribution < 1.29 is 9.53 Å². The molecule has 232 valence electrons. The van der Waals surface area contributed by atoms with Crippen LogP contribution in [-0.2, 0) is 23.2 Å². The summed E-state index contributed by atoms with van der Waals surface area (Å²) in [7, 11) is 0. The fourth-order valence-corrected chi connectivity index (χ4v) is 6.16. The molecule has 5 heteroatoms. The third kappa shape index (κ3) is 12.5. The van der Waals surface area contributed by atoms with Gasteiger partial charge in [0, 0.05) is 24.0 Å². The van der Waals surface area contributed by atoms with Gasteiger partial charge in [-0.25, -0.2) is 0 Å². The number of carbonyl (C=O) groups is 1. The van der Waals surface area contributed by atoms with Gasteiger partial charge in [0.15, 0.2) is 0 Å². The molecule has 1 heterocycles. The fourth-order valence-electron chi connectivity index (χ4n) is 5.40. The molecule has 0 atom stereocenters. The number of benzene rings is 2. The first kappa shape index (κ1) is 34.1. The molecule has 2 aromatic carbocycles. The molecule has 0 saturated heterocycles. The lowest BCUT2D eigenvalue weighted by molar-refractivity contribution is -0.115. The summed E-state index contributed by atoms with van der Waals surface area (Å²) in [6.07, 6.45) is 18.4. The Hall–Kier alpha value is -2.40. The second kappa shape index (κ2) is 18.3. The maximum atomic E-state index is 13.2. The summed E-state index contributed by atoms with van der Waals surface area (Å²) in [5, 5.41) is 3.19. The first-order chi connectivity index (χ1) is 20.3. The smallest absolute Gasteiger partial charge is 0.228 e. The number of thioether (sulfide) groups is 1. The molecule has 0 radical (unpaired) electrons. The van der Waals surface area contributed by atoms with E-state index in [1.165, 1.54) is 81.1 Å². The van der Waals surface area contributed by atoms with E-state index in [1.807, 2.05) is 30.0 Å².